The van der Waals surface area contributed by atoms with Crippen molar-refractivity contribution in [3.63, 3.8) is 0 Å². The van der Waals surface area contributed by atoms with Crippen LogP contribution in [0.15, 0.2) is 110 Å². The van der Waals surface area contributed by atoms with E-state index in [0.717, 1.165) is 50.4 Å². The Morgan fingerprint density at radius 2 is 1.56 bits per heavy atom. The molecule has 0 bridgehead atoms. The lowest BCUT2D eigenvalue weighted by Crippen LogP contribution is -2.08. The number of hydrogen-bond donors (Lipinski definition) is 1. The summed E-state index contributed by atoms with van der Waals surface area (Å²) in [4.78, 5) is 6.75. The van der Waals surface area contributed by atoms with Gasteiger partial charge in [-0.25, -0.2) is 4.98 Å². The molecule has 0 fully saturated rings. The van der Waals surface area contributed by atoms with Gasteiger partial charge in [0, 0.05) is 47.8 Å². The van der Waals surface area contributed by atoms with Gasteiger partial charge < -0.3 is 10.2 Å². The Balaban J connectivity index is 1.33. The highest BCUT2D eigenvalue weighted by Gasteiger charge is 2.15. The molecule has 0 radical (unpaired) electrons. The summed E-state index contributed by atoms with van der Waals surface area (Å²) in [5, 5.41) is 14.8. The SMILES string of the molecule is CN(C)c1ccc(-n2cnc3cc(Nc4nnc(C5C=CC=CC=C5)c5ccccc45)ccc32)cc1. The summed E-state index contributed by atoms with van der Waals surface area (Å²) < 4.78 is 2.10. The van der Waals surface area contributed by atoms with Crippen molar-refractivity contribution in [1.82, 2.24) is 19.7 Å². The molecule has 6 nitrogen and oxygen atoms in total. The molecule has 0 atom stereocenters. The van der Waals surface area contributed by atoms with Crippen LogP contribution in [0, 0.1) is 0 Å². The molecule has 6 heteroatoms. The Hall–Kier alpha value is -4.71. The molecule has 0 aliphatic heterocycles. The van der Waals surface area contributed by atoms with Gasteiger partial charge in [-0.05, 0) is 42.5 Å². The number of anilines is 3. The molecule has 0 spiro atoms. The van der Waals surface area contributed by atoms with Gasteiger partial charge in [-0.2, -0.15) is 5.10 Å². The van der Waals surface area contributed by atoms with Crippen molar-refractivity contribution in [3.05, 3.63) is 115 Å². The fourth-order valence-electron chi connectivity index (χ4n) is 4.55. The van der Waals surface area contributed by atoms with E-state index in [-0.39, 0.29) is 5.92 Å². The zero-order chi connectivity index (χ0) is 24.5. The maximum Gasteiger partial charge on any atom is 0.160 e. The fraction of sp³-hybridized carbons (Fsp3) is 0.100. The minimum atomic E-state index is 0.0820. The van der Waals surface area contributed by atoms with Crippen LogP contribution >= 0.6 is 0 Å². The standard InChI is InChI=1S/C30H26N6/c1-35(2)23-14-16-24(17-15-23)36-20-31-27-19-22(13-18-28(27)36)32-30-26-12-8-7-11-25(26)29(33-34-30)21-9-5-3-4-6-10-21/h3-21H,1-2H3,(H,32,34). The van der Waals surface area contributed by atoms with E-state index in [1.165, 1.54) is 0 Å². The van der Waals surface area contributed by atoms with Crippen LogP contribution in [0.4, 0.5) is 17.2 Å². The molecule has 0 unspecified atom stereocenters. The molecule has 0 saturated heterocycles. The molecule has 6 rings (SSSR count). The third kappa shape index (κ3) is 4.03. The lowest BCUT2D eigenvalue weighted by atomic mass is 9.99. The lowest BCUT2D eigenvalue weighted by Gasteiger charge is -2.14. The molecule has 36 heavy (non-hydrogen) atoms. The van der Waals surface area contributed by atoms with Crippen molar-refractivity contribution in [1.29, 1.82) is 0 Å². The number of imidazole rings is 1. The summed E-state index contributed by atoms with van der Waals surface area (Å²) in [6.07, 6.45) is 14.3. The fourth-order valence-corrected chi connectivity index (χ4v) is 4.55. The minimum absolute atomic E-state index is 0.0820. The number of rotatable bonds is 5. The quantitative estimate of drug-likeness (QED) is 0.316. The average molecular weight is 471 g/mol. The predicted molar refractivity (Wildman–Crippen MR) is 148 cm³/mol. The number of allylic oxidation sites excluding steroid dienone is 6. The first-order chi connectivity index (χ1) is 17.7. The van der Waals surface area contributed by atoms with Gasteiger partial charge >= 0.3 is 0 Å². The van der Waals surface area contributed by atoms with Gasteiger partial charge in [0.2, 0.25) is 0 Å². The van der Waals surface area contributed by atoms with Crippen LogP contribution in [0.25, 0.3) is 27.5 Å². The van der Waals surface area contributed by atoms with Crippen LogP contribution in [0.5, 0.6) is 0 Å². The van der Waals surface area contributed by atoms with Crippen LogP contribution in [0.2, 0.25) is 0 Å². The van der Waals surface area contributed by atoms with Gasteiger partial charge in [0.25, 0.3) is 0 Å². The summed E-state index contributed by atoms with van der Waals surface area (Å²) in [5.41, 5.74) is 6.06. The number of benzene rings is 3. The lowest BCUT2D eigenvalue weighted by molar-refractivity contribution is 0.921. The molecule has 0 saturated carbocycles. The summed E-state index contributed by atoms with van der Waals surface area (Å²) in [6, 6.07) is 22.9. The number of aromatic nitrogens is 4. The monoisotopic (exact) mass is 470 g/mol. The normalized spacial score (nSPS) is 13.4. The first-order valence-corrected chi connectivity index (χ1v) is 12.0. The van der Waals surface area contributed by atoms with Crippen molar-refractivity contribution < 1.29 is 0 Å². The maximum absolute atomic E-state index is 4.66. The third-order valence-electron chi connectivity index (χ3n) is 6.46. The Morgan fingerprint density at radius 3 is 2.31 bits per heavy atom. The minimum Gasteiger partial charge on any atom is -0.378 e. The molecule has 1 aliphatic rings. The Bertz CT molecular complexity index is 1620. The molecular formula is C30H26N6. The van der Waals surface area contributed by atoms with Crippen LogP contribution in [0.1, 0.15) is 11.6 Å². The van der Waals surface area contributed by atoms with E-state index in [0.29, 0.717) is 0 Å². The molecule has 2 aromatic heterocycles. The Labute approximate surface area is 209 Å². The molecular weight excluding hydrogens is 444 g/mol. The summed E-state index contributed by atoms with van der Waals surface area (Å²) in [5.74, 6) is 0.811. The molecule has 3 aromatic carbocycles. The van der Waals surface area contributed by atoms with Crippen LogP contribution in [-0.2, 0) is 0 Å². The highest BCUT2D eigenvalue weighted by Crippen LogP contribution is 2.32. The number of hydrogen-bond acceptors (Lipinski definition) is 5. The Morgan fingerprint density at radius 1 is 0.806 bits per heavy atom. The van der Waals surface area contributed by atoms with Crippen molar-refractivity contribution >= 4 is 39.0 Å². The second-order valence-corrected chi connectivity index (χ2v) is 9.01. The van der Waals surface area contributed by atoms with Crippen molar-refractivity contribution in [2.75, 3.05) is 24.3 Å². The zero-order valence-corrected chi connectivity index (χ0v) is 20.2. The summed E-state index contributed by atoms with van der Waals surface area (Å²) in [7, 11) is 4.08. The topological polar surface area (TPSA) is 58.9 Å². The van der Waals surface area contributed by atoms with E-state index in [1.807, 2.05) is 50.8 Å². The first kappa shape index (κ1) is 21.8. The number of nitrogens with one attached hydrogen (secondary N) is 1. The summed E-state index contributed by atoms with van der Waals surface area (Å²) >= 11 is 0. The van der Waals surface area contributed by atoms with Gasteiger partial charge in [-0.1, -0.05) is 60.7 Å². The summed E-state index contributed by atoms with van der Waals surface area (Å²) in [6.45, 7) is 0. The molecule has 1 aliphatic carbocycles. The van der Waals surface area contributed by atoms with Gasteiger partial charge in [-0.3, -0.25) is 4.57 Å². The van der Waals surface area contributed by atoms with E-state index in [1.54, 1.807) is 0 Å². The highest BCUT2D eigenvalue weighted by atomic mass is 15.2. The smallest absolute Gasteiger partial charge is 0.160 e. The van der Waals surface area contributed by atoms with E-state index >= 15 is 0 Å². The Kier molecular flexibility index (Phi) is 5.54. The van der Waals surface area contributed by atoms with E-state index < -0.39 is 0 Å². The van der Waals surface area contributed by atoms with E-state index in [4.69, 9.17) is 0 Å². The highest BCUT2D eigenvalue weighted by molar-refractivity contribution is 5.95. The molecule has 0 amide bonds. The molecule has 1 N–H and O–H groups in total. The number of nitrogens with zero attached hydrogens (tertiary/aromatic N) is 5. The molecule has 2 heterocycles. The second kappa shape index (κ2) is 9.15. The molecule has 5 aromatic rings. The van der Waals surface area contributed by atoms with Gasteiger partial charge in [0.15, 0.2) is 5.82 Å². The molecule has 176 valence electrons. The third-order valence-corrected chi connectivity index (χ3v) is 6.46. The zero-order valence-electron chi connectivity index (χ0n) is 20.2. The van der Waals surface area contributed by atoms with Crippen molar-refractivity contribution in [2.45, 2.75) is 5.92 Å². The number of fused-ring (bicyclic) bond motifs is 2. The van der Waals surface area contributed by atoms with Gasteiger partial charge in [0.1, 0.15) is 6.33 Å². The van der Waals surface area contributed by atoms with Crippen molar-refractivity contribution in [2.24, 2.45) is 0 Å². The van der Waals surface area contributed by atoms with Crippen LogP contribution in [-0.4, -0.2) is 33.8 Å². The first-order valence-electron chi connectivity index (χ1n) is 12.0. The van der Waals surface area contributed by atoms with Crippen molar-refractivity contribution in [3.8, 4) is 5.69 Å². The maximum atomic E-state index is 4.66. The van der Waals surface area contributed by atoms with Gasteiger partial charge in [-0.15, -0.1) is 5.10 Å². The average Bonchev–Trinajstić information content (AvgIpc) is 3.13. The van der Waals surface area contributed by atoms with Crippen LogP contribution in [0.3, 0.4) is 0 Å². The largest absolute Gasteiger partial charge is 0.378 e. The second-order valence-electron chi connectivity index (χ2n) is 9.01. The van der Waals surface area contributed by atoms with Gasteiger partial charge in [0.05, 0.1) is 16.7 Å². The van der Waals surface area contributed by atoms with Crippen LogP contribution < -0.4 is 10.2 Å². The predicted octanol–water partition coefficient (Wildman–Crippen LogP) is 6.54. The van der Waals surface area contributed by atoms with E-state index in [2.05, 4.69) is 103 Å². The van der Waals surface area contributed by atoms with E-state index in [9.17, 15) is 0 Å².